The first-order valence-corrected chi connectivity index (χ1v) is 12.5. The zero-order valence-corrected chi connectivity index (χ0v) is 20.0. The van der Waals surface area contributed by atoms with Crippen LogP contribution in [0.15, 0.2) is 35.7 Å². The van der Waals surface area contributed by atoms with Crippen molar-refractivity contribution in [2.75, 3.05) is 11.4 Å². The minimum absolute atomic E-state index is 0.0378. The largest absolute Gasteiger partial charge is 0.339 e. The monoisotopic (exact) mass is 443 g/mol. The van der Waals surface area contributed by atoms with E-state index in [0.29, 0.717) is 11.6 Å². The highest BCUT2D eigenvalue weighted by Gasteiger charge is 2.27. The molecule has 0 unspecified atom stereocenters. The highest BCUT2D eigenvalue weighted by molar-refractivity contribution is 7.92. The predicted molar refractivity (Wildman–Crippen MR) is 124 cm³/mol. The van der Waals surface area contributed by atoms with Gasteiger partial charge in [0.05, 0.1) is 23.0 Å². The van der Waals surface area contributed by atoms with Crippen molar-refractivity contribution in [3.63, 3.8) is 0 Å². The smallest absolute Gasteiger partial charge is 0.283 e. The molecule has 1 aliphatic carbocycles. The number of anilines is 1. The SMILES string of the molecule is CN(c1ccc2c(c1)nc(C(C)(C)C)n2CC1CCCCC1)S(=O)(=O)c1cn(C)cn1. The summed E-state index contributed by atoms with van der Waals surface area (Å²) in [7, 11) is -0.408. The molecule has 0 spiro atoms. The Morgan fingerprint density at radius 2 is 1.87 bits per heavy atom. The summed E-state index contributed by atoms with van der Waals surface area (Å²) >= 11 is 0. The molecule has 3 aromatic rings. The van der Waals surface area contributed by atoms with Crippen LogP contribution in [-0.2, 0) is 29.0 Å². The summed E-state index contributed by atoms with van der Waals surface area (Å²) in [5, 5.41) is 0.0378. The van der Waals surface area contributed by atoms with E-state index in [1.807, 2.05) is 18.2 Å². The third-order valence-corrected chi connectivity index (χ3v) is 7.91. The van der Waals surface area contributed by atoms with Crippen molar-refractivity contribution in [1.82, 2.24) is 19.1 Å². The van der Waals surface area contributed by atoms with E-state index in [1.165, 1.54) is 48.9 Å². The van der Waals surface area contributed by atoms with E-state index < -0.39 is 10.0 Å². The standard InChI is InChI=1S/C23H33N5O2S/c1-23(2,3)22-25-19-13-18(27(5)31(29,30)21-15-26(4)16-24-21)11-12-20(19)28(22)14-17-9-7-6-8-10-17/h11-13,15-17H,6-10,14H2,1-5H3. The van der Waals surface area contributed by atoms with Gasteiger partial charge in [-0.1, -0.05) is 40.0 Å². The number of hydrogen-bond donors (Lipinski definition) is 0. The lowest BCUT2D eigenvalue weighted by Crippen LogP contribution is -2.26. The van der Waals surface area contributed by atoms with Gasteiger partial charge in [-0.15, -0.1) is 0 Å². The second kappa shape index (κ2) is 7.97. The first-order valence-electron chi connectivity index (χ1n) is 11.0. The molecule has 1 aromatic carbocycles. The van der Waals surface area contributed by atoms with Crippen LogP contribution in [0.3, 0.4) is 0 Å². The molecule has 1 aliphatic rings. The number of hydrogen-bond acceptors (Lipinski definition) is 4. The fourth-order valence-electron chi connectivity index (χ4n) is 4.50. The summed E-state index contributed by atoms with van der Waals surface area (Å²) in [4.78, 5) is 9.00. The molecule has 1 fully saturated rings. The van der Waals surface area contributed by atoms with E-state index in [-0.39, 0.29) is 10.4 Å². The van der Waals surface area contributed by atoms with Gasteiger partial charge in [0.25, 0.3) is 10.0 Å². The number of benzene rings is 1. The van der Waals surface area contributed by atoms with Gasteiger partial charge in [-0.25, -0.2) is 9.97 Å². The number of imidazole rings is 2. The molecule has 0 aliphatic heterocycles. The van der Waals surface area contributed by atoms with Crippen molar-refractivity contribution >= 4 is 26.7 Å². The van der Waals surface area contributed by atoms with Crippen LogP contribution in [0.25, 0.3) is 11.0 Å². The zero-order valence-electron chi connectivity index (χ0n) is 19.2. The van der Waals surface area contributed by atoms with Gasteiger partial charge in [-0.05, 0) is 37.0 Å². The zero-order chi connectivity index (χ0) is 22.4. The minimum atomic E-state index is -3.73. The van der Waals surface area contributed by atoms with E-state index in [4.69, 9.17) is 4.98 Å². The maximum Gasteiger partial charge on any atom is 0.283 e. The molecule has 2 heterocycles. The molecule has 7 nitrogen and oxygen atoms in total. The molecule has 0 atom stereocenters. The molecule has 0 amide bonds. The molecule has 31 heavy (non-hydrogen) atoms. The molecule has 8 heteroatoms. The molecule has 4 rings (SSSR count). The number of fused-ring (bicyclic) bond motifs is 1. The van der Waals surface area contributed by atoms with Gasteiger partial charge >= 0.3 is 0 Å². The molecule has 0 saturated heterocycles. The van der Waals surface area contributed by atoms with Crippen molar-refractivity contribution in [2.45, 2.75) is 69.9 Å². The molecule has 2 aromatic heterocycles. The number of aromatic nitrogens is 4. The van der Waals surface area contributed by atoms with Gasteiger partial charge < -0.3 is 9.13 Å². The minimum Gasteiger partial charge on any atom is -0.339 e. The van der Waals surface area contributed by atoms with Crippen molar-refractivity contribution < 1.29 is 8.42 Å². The van der Waals surface area contributed by atoms with Gasteiger partial charge in [-0.2, -0.15) is 8.42 Å². The number of sulfonamides is 1. The lowest BCUT2D eigenvalue weighted by Gasteiger charge is -2.26. The average molecular weight is 444 g/mol. The molecular weight excluding hydrogens is 410 g/mol. The van der Waals surface area contributed by atoms with E-state index in [9.17, 15) is 8.42 Å². The number of aryl methyl sites for hydroxylation is 1. The van der Waals surface area contributed by atoms with Crippen LogP contribution in [0.1, 0.15) is 58.7 Å². The first-order chi connectivity index (χ1) is 14.6. The van der Waals surface area contributed by atoms with Gasteiger partial charge in [0.15, 0.2) is 5.03 Å². The average Bonchev–Trinajstić information content (AvgIpc) is 3.32. The second-order valence-electron chi connectivity index (χ2n) is 9.82. The van der Waals surface area contributed by atoms with Crippen LogP contribution in [0.2, 0.25) is 0 Å². The Labute approximate surface area is 185 Å². The quantitative estimate of drug-likeness (QED) is 0.583. The summed E-state index contributed by atoms with van der Waals surface area (Å²) < 4.78 is 31.3. The third-order valence-electron chi connectivity index (χ3n) is 6.24. The summed E-state index contributed by atoms with van der Waals surface area (Å²) in [6.07, 6.45) is 9.50. The third kappa shape index (κ3) is 4.22. The normalized spacial score (nSPS) is 16.2. The summed E-state index contributed by atoms with van der Waals surface area (Å²) in [6, 6.07) is 5.76. The number of nitrogens with zero attached hydrogens (tertiary/aromatic N) is 5. The van der Waals surface area contributed by atoms with Gasteiger partial charge in [-0.3, -0.25) is 4.31 Å². The molecular formula is C23H33N5O2S. The summed E-state index contributed by atoms with van der Waals surface area (Å²) in [5.41, 5.74) is 2.39. The van der Waals surface area contributed by atoms with Crippen LogP contribution < -0.4 is 4.31 Å². The molecule has 0 N–H and O–H groups in total. The Hall–Kier alpha value is -2.35. The van der Waals surface area contributed by atoms with E-state index in [0.717, 1.165) is 23.4 Å². The highest BCUT2D eigenvalue weighted by atomic mass is 32.2. The Bertz CT molecular complexity index is 1180. The summed E-state index contributed by atoms with van der Waals surface area (Å²) in [6.45, 7) is 7.53. The molecule has 1 saturated carbocycles. The number of rotatable bonds is 5. The van der Waals surface area contributed by atoms with E-state index in [2.05, 4.69) is 30.3 Å². The van der Waals surface area contributed by atoms with Crippen LogP contribution in [0.5, 0.6) is 0 Å². The van der Waals surface area contributed by atoms with Crippen LogP contribution >= 0.6 is 0 Å². The Kier molecular flexibility index (Phi) is 5.62. The van der Waals surface area contributed by atoms with Crippen molar-refractivity contribution in [3.8, 4) is 0 Å². The van der Waals surface area contributed by atoms with Gasteiger partial charge in [0.1, 0.15) is 5.82 Å². The Balaban J connectivity index is 1.73. The van der Waals surface area contributed by atoms with Crippen LogP contribution in [0, 0.1) is 5.92 Å². The first kappa shape index (κ1) is 21.9. The van der Waals surface area contributed by atoms with E-state index >= 15 is 0 Å². The maximum atomic E-state index is 13.0. The lowest BCUT2D eigenvalue weighted by molar-refractivity contribution is 0.313. The highest BCUT2D eigenvalue weighted by Crippen LogP contribution is 2.33. The molecule has 0 radical (unpaired) electrons. The Morgan fingerprint density at radius 1 is 1.16 bits per heavy atom. The van der Waals surface area contributed by atoms with E-state index in [1.54, 1.807) is 18.7 Å². The topological polar surface area (TPSA) is 73.0 Å². The fraction of sp³-hybridized carbons (Fsp3) is 0.565. The van der Waals surface area contributed by atoms with Crippen LogP contribution in [0.4, 0.5) is 5.69 Å². The Morgan fingerprint density at radius 3 is 2.48 bits per heavy atom. The van der Waals surface area contributed by atoms with Crippen molar-refractivity contribution in [3.05, 3.63) is 36.5 Å². The fourth-order valence-corrected chi connectivity index (χ4v) is 5.65. The summed E-state index contributed by atoms with van der Waals surface area (Å²) in [5.74, 6) is 1.74. The van der Waals surface area contributed by atoms with Gasteiger partial charge in [0, 0.05) is 32.3 Å². The van der Waals surface area contributed by atoms with Gasteiger partial charge in [0.2, 0.25) is 0 Å². The predicted octanol–water partition coefficient (Wildman–Crippen LogP) is 4.47. The lowest BCUT2D eigenvalue weighted by atomic mass is 9.88. The second-order valence-corrected chi connectivity index (χ2v) is 11.7. The maximum absolute atomic E-state index is 13.0. The molecule has 0 bridgehead atoms. The van der Waals surface area contributed by atoms with Crippen molar-refractivity contribution in [1.29, 1.82) is 0 Å². The molecule has 168 valence electrons. The van der Waals surface area contributed by atoms with Crippen molar-refractivity contribution in [2.24, 2.45) is 13.0 Å². The van der Waals surface area contributed by atoms with Crippen LogP contribution in [-0.4, -0.2) is 34.6 Å².